The van der Waals surface area contributed by atoms with E-state index in [9.17, 15) is 0 Å². The minimum atomic E-state index is 0.487. The molecule has 0 fully saturated rings. The van der Waals surface area contributed by atoms with Crippen molar-refractivity contribution in [2.24, 2.45) is 0 Å². The van der Waals surface area contributed by atoms with E-state index in [0.29, 0.717) is 5.25 Å². The number of thioether (sulfide) groups is 1. The summed E-state index contributed by atoms with van der Waals surface area (Å²) in [5, 5.41) is 13.1. The third kappa shape index (κ3) is 2.82. The molecule has 5 heteroatoms. The monoisotopic (exact) mass is 234 g/mol. The van der Waals surface area contributed by atoms with Crippen LogP contribution in [0.5, 0.6) is 0 Å². The fourth-order valence-electron chi connectivity index (χ4n) is 1.35. The molecule has 0 saturated carbocycles. The first-order valence-electron chi connectivity index (χ1n) is 5.22. The zero-order valence-electron chi connectivity index (χ0n) is 9.37. The Morgan fingerprint density at radius 1 is 1.25 bits per heavy atom. The van der Waals surface area contributed by atoms with Gasteiger partial charge in [-0.3, -0.25) is 0 Å². The highest BCUT2D eigenvalue weighted by Gasteiger charge is 2.08. The van der Waals surface area contributed by atoms with E-state index in [0.717, 1.165) is 11.7 Å². The van der Waals surface area contributed by atoms with Crippen molar-refractivity contribution >= 4 is 11.8 Å². The lowest BCUT2D eigenvalue weighted by molar-refractivity contribution is 0.602. The SMILES string of the molecule is CC(C)Sc1nnnn1Cc1ccccc1. The maximum atomic E-state index is 4.02. The van der Waals surface area contributed by atoms with Crippen LogP contribution in [0.3, 0.4) is 0 Å². The summed E-state index contributed by atoms with van der Waals surface area (Å²) in [4.78, 5) is 0. The molecule has 1 aromatic heterocycles. The highest BCUT2D eigenvalue weighted by Crippen LogP contribution is 2.19. The number of benzene rings is 1. The molecule has 2 rings (SSSR count). The smallest absolute Gasteiger partial charge is 0.209 e. The number of hydrogen-bond acceptors (Lipinski definition) is 4. The second kappa shape index (κ2) is 5.12. The van der Waals surface area contributed by atoms with Crippen molar-refractivity contribution in [3.63, 3.8) is 0 Å². The second-order valence-corrected chi connectivity index (χ2v) is 5.31. The summed E-state index contributed by atoms with van der Waals surface area (Å²) >= 11 is 1.68. The van der Waals surface area contributed by atoms with Crippen molar-refractivity contribution < 1.29 is 0 Å². The van der Waals surface area contributed by atoms with Gasteiger partial charge in [0, 0.05) is 5.25 Å². The van der Waals surface area contributed by atoms with Gasteiger partial charge < -0.3 is 0 Å². The Morgan fingerprint density at radius 2 is 2.00 bits per heavy atom. The molecule has 84 valence electrons. The highest BCUT2D eigenvalue weighted by atomic mass is 32.2. The van der Waals surface area contributed by atoms with Gasteiger partial charge in [0.05, 0.1) is 6.54 Å². The van der Waals surface area contributed by atoms with Gasteiger partial charge in [-0.1, -0.05) is 55.9 Å². The van der Waals surface area contributed by atoms with E-state index in [4.69, 9.17) is 0 Å². The molecule has 0 aliphatic carbocycles. The zero-order valence-corrected chi connectivity index (χ0v) is 10.2. The summed E-state index contributed by atoms with van der Waals surface area (Å²) in [7, 11) is 0. The van der Waals surface area contributed by atoms with Gasteiger partial charge >= 0.3 is 0 Å². The van der Waals surface area contributed by atoms with Crippen LogP contribution in [0.4, 0.5) is 0 Å². The van der Waals surface area contributed by atoms with Crippen LogP contribution in [-0.2, 0) is 6.54 Å². The first-order valence-corrected chi connectivity index (χ1v) is 6.10. The van der Waals surface area contributed by atoms with Gasteiger partial charge in [0.2, 0.25) is 5.16 Å². The quantitative estimate of drug-likeness (QED) is 0.761. The van der Waals surface area contributed by atoms with Gasteiger partial charge in [-0.05, 0) is 16.0 Å². The summed E-state index contributed by atoms with van der Waals surface area (Å²) in [6.07, 6.45) is 0. The Hall–Kier alpha value is -1.36. The van der Waals surface area contributed by atoms with Crippen LogP contribution in [0.25, 0.3) is 0 Å². The average Bonchev–Trinajstić information content (AvgIpc) is 2.66. The predicted molar refractivity (Wildman–Crippen MR) is 64.4 cm³/mol. The van der Waals surface area contributed by atoms with Crippen LogP contribution in [0.15, 0.2) is 35.5 Å². The van der Waals surface area contributed by atoms with Crippen molar-refractivity contribution in [3.05, 3.63) is 35.9 Å². The van der Waals surface area contributed by atoms with Gasteiger partial charge in [-0.2, -0.15) is 0 Å². The Bertz CT molecular complexity index is 438. The van der Waals surface area contributed by atoms with Gasteiger partial charge in [-0.15, -0.1) is 5.10 Å². The first kappa shape index (κ1) is 11.1. The lowest BCUT2D eigenvalue weighted by atomic mass is 10.2. The maximum Gasteiger partial charge on any atom is 0.209 e. The van der Waals surface area contributed by atoms with Crippen molar-refractivity contribution in [2.75, 3.05) is 0 Å². The summed E-state index contributed by atoms with van der Waals surface area (Å²) < 4.78 is 1.83. The number of rotatable bonds is 4. The number of nitrogens with zero attached hydrogens (tertiary/aromatic N) is 4. The van der Waals surface area contributed by atoms with E-state index in [2.05, 4.69) is 41.5 Å². The molecule has 16 heavy (non-hydrogen) atoms. The summed E-state index contributed by atoms with van der Waals surface area (Å²) in [6.45, 7) is 4.99. The van der Waals surface area contributed by atoms with E-state index in [-0.39, 0.29) is 0 Å². The van der Waals surface area contributed by atoms with Crippen LogP contribution in [0, 0.1) is 0 Å². The molecular formula is C11H14N4S. The third-order valence-corrected chi connectivity index (χ3v) is 2.99. The number of tetrazole rings is 1. The van der Waals surface area contributed by atoms with Crippen LogP contribution in [-0.4, -0.2) is 25.5 Å². The molecule has 4 nitrogen and oxygen atoms in total. The van der Waals surface area contributed by atoms with Crippen molar-refractivity contribution in [1.29, 1.82) is 0 Å². The Kier molecular flexibility index (Phi) is 3.56. The molecule has 1 aromatic carbocycles. The molecule has 0 spiro atoms. The van der Waals surface area contributed by atoms with Crippen molar-refractivity contribution in [3.8, 4) is 0 Å². The van der Waals surface area contributed by atoms with Crippen LogP contribution in [0.2, 0.25) is 0 Å². The van der Waals surface area contributed by atoms with Crippen molar-refractivity contribution in [1.82, 2.24) is 20.2 Å². The summed E-state index contributed by atoms with van der Waals surface area (Å²) in [5.74, 6) is 0. The predicted octanol–water partition coefficient (Wildman–Crippen LogP) is 2.22. The summed E-state index contributed by atoms with van der Waals surface area (Å²) in [5.41, 5.74) is 1.21. The molecular weight excluding hydrogens is 220 g/mol. The lowest BCUT2D eigenvalue weighted by Crippen LogP contribution is -2.04. The Labute approximate surface area is 99.1 Å². The topological polar surface area (TPSA) is 43.6 Å². The minimum Gasteiger partial charge on any atom is -0.216 e. The molecule has 0 N–H and O–H groups in total. The van der Waals surface area contributed by atoms with E-state index in [1.165, 1.54) is 5.56 Å². The molecule has 0 atom stereocenters. The van der Waals surface area contributed by atoms with E-state index < -0.39 is 0 Å². The van der Waals surface area contributed by atoms with Crippen LogP contribution < -0.4 is 0 Å². The molecule has 0 radical (unpaired) electrons. The van der Waals surface area contributed by atoms with Gasteiger partial charge in [0.1, 0.15) is 0 Å². The standard InChI is InChI=1S/C11H14N4S/c1-9(2)16-11-12-13-14-15(11)8-10-6-4-3-5-7-10/h3-7,9H,8H2,1-2H3. The fraction of sp³-hybridized carbons (Fsp3) is 0.364. The second-order valence-electron chi connectivity index (χ2n) is 3.77. The normalized spacial score (nSPS) is 10.9. The maximum absolute atomic E-state index is 4.02. The number of aromatic nitrogens is 4. The molecule has 0 aliphatic heterocycles. The third-order valence-electron chi connectivity index (χ3n) is 2.02. The molecule has 1 heterocycles. The van der Waals surface area contributed by atoms with Crippen LogP contribution >= 0.6 is 11.8 Å². The lowest BCUT2D eigenvalue weighted by Gasteiger charge is -2.05. The van der Waals surface area contributed by atoms with E-state index in [1.807, 2.05) is 22.9 Å². The van der Waals surface area contributed by atoms with Gasteiger partial charge in [-0.25, -0.2) is 4.68 Å². The fourth-order valence-corrected chi connectivity index (χ4v) is 2.08. The molecule has 0 saturated heterocycles. The Morgan fingerprint density at radius 3 is 2.69 bits per heavy atom. The average molecular weight is 234 g/mol. The molecule has 0 amide bonds. The minimum absolute atomic E-state index is 0.487. The molecule has 0 bridgehead atoms. The van der Waals surface area contributed by atoms with Crippen molar-refractivity contribution in [2.45, 2.75) is 30.8 Å². The van der Waals surface area contributed by atoms with Gasteiger partial charge in [0.15, 0.2) is 0 Å². The molecule has 0 aliphatic rings. The molecule has 0 unspecified atom stereocenters. The molecule has 2 aromatic rings. The van der Waals surface area contributed by atoms with E-state index in [1.54, 1.807) is 11.8 Å². The number of hydrogen-bond donors (Lipinski definition) is 0. The van der Waals surface area contributed by atoms with E-state index >= 15 is 0 Å². The highest BCUT2D eigenvalue weighted by molar-refractivity contribution is 7.99. The summed E-state index contributed by atoms with van der Waals surface area (Å²) in [6, 6.07) is 10.2. The van der Waals surface area contributed by atoms with Gasteiger partial charge in [0.25, 0.3) is 0 Å². The van der Waals surface area contributed by atoms with Crippen LogP contribution in [0.1, 0.15) is 19.4 Å². The largest absolute Gasteiger partial charge is 0.216 e. The Balaban J connectivity index is 2.13. The first-order chi connectivity index (χ1) is 7.75. The zero-order chi connectivity index (χ0) is 11.4.